The Morgan fingerprint density at radius 1 is 1.08 bits per heavy atom. The van der Waals surface area contributed by atoms with E-state index in [1.165, 1.54) is 6.26 Å². The van der Waals surface area contributed by atoms with Gasteiger partial charge >= 0.3 is 0 Å². The third kappa shape index (κ3) is 6.25. The van der Waals surface area contributed by atoms with Gasteiger partial charge in [-0.3, -0.25) is 9.59 Å². The minimum Gasteiger partial charge on any atom is -0.467 e. The first-order valence-electron chi connectivity index (χ1n) is 8.07. The maximum Gasteiger partial charge on any atom is 0.254 e. The van der Waals surface area contributed by atoms with Crippen LogP contribution in [0.2, 0.25) is 0 Å². The molecule has 0 saturated heterocycles. The summed E-state index contributed by atoms with van der Waals surface area (Å²) < 4.78 is 5.14. The van der Waals surface area contributed by atoms with Crippen molar-refractivity contribution in [2.45, 2.75) is 32.9 Å². The Morgan fingerprint density at radius 3 is 2.36 bits per heavy atom. The molecule has 0 fully saturated rings. The highest BCUT2D eigenvalue weighted by molar-refractivity contribution is 5.94. The average Bonchev–Trinajstić information content (AvgIpc) is 3.09. The number of unbranched alkanes of at least 4 members (excludes halogenated alkanes) is 1. The predicted octanol–water partition coefficient (Wildman–Crippen LogP) is 2.62. The van der Waals surface area contributed by atoms with E-state index in [4.69, 9.17) is 10.2 Å². The van der Waals surface area contributed by atoms with Crippen molar-refractivity contribution >= 4 is 24.2 Å². The van der Waals surface area contributed by atoms with Crippen LogP contribution in [0, 0.1) is 0 Å². The van der Waals surface area contributed by atoms with Gasteiger partial charge in [0.1, 0.15) is 12.0 Å². The number of rotatable bonds is 8. The van der Waals surface area contributed by atoms with Gasteiger partial charge in [0.2, 0.25) is 0 Å². The molecule has 2 amide bonds. The lowest BCUT2D eigenvalue weighted by atomic mass is 10.1. The van der Waals surface area contributed by atoms with Crippen molar-refractivity contribution in [2.24, 2.45) is 5.73 Å². The number of amides is 2. The molecular weight excluding hydrogens is 342 g/mol. The Labute approximate surface area is 153 Å². The van der Waals surface area contributed by atoms with Crippen molar-refractivity contribution < 1.29 is 14.0 Å². The van der Waals surface area contributed by atoms with E-state index in [1.54, 1.807) is 18.2 Å². The molecule has 0 atom stereocenters. The Balaban J connectivity index is 0.00000312. The molecule has 0 aliphatic carbocycles. The van der Waals surface area contributed by atoms with Crippen LogP contribution in [0.4, 0.5) is 0 Å². The van der Waals surface area contributed by atoms with Gasteiger partial charge in [0, 0.05) is 18.7 Å². The molecule has 0 unspecified atom stereocenters. The van der Waals surface area contributed by atoms with E-state index in [-0.39, 0.29) is 30.8 Å². The van der Waals surface area contributed by atoms with Crippen LogP contribution in [0.15, 0.2) is 41.0 Å². The fourth-order valence-corrected chi connectivity index (χ4v) is 2.15. The second-order valence-electron chi connectivity index (χ2n) is 5.49. The van der Waals surface area contributed by atoms with E-state index in [9.17, 15) is 9.59 Å². The number of nitrogens with two attached hydrogens (primary N) is 1. The second-order valence-corrected chi connectivity index (χ2v) is 5.49. The SMILES string of the molecule is CCCCNC(=O)c1ccc(CNC(=O)c2coc(CN)c2)cc1.Cl. The van der Waals surface area contributed by atoms with Gasteiger partial charge in [0.25, 0.3) is 11.8 Å². The molecule has 2 rings (SSSR count). The number of furan rings is 1. The first-order valence-corrected chi connectivity index (χ1v) is 8.07. The Bertz CT molecular complexity index is 683. The lowest BCUT2D eigenvalue weighted by Gasteiger charge is -2.06. The van der Waals surface area contributed by atoms with Crippen LogP contribution in [-0.4, -0.2) is 18.4 Å². The summed E-state index contributed by atoms with van der Waals surface area (Å²) in [5.41, 5.74) is 7.42. The van der Waals surface area contributed by atoms with Gasteiger partial charge in [-0.15, -0.1) is 12.4 Å². The standard InChI is InChI=1S/C18H23N3O3.ClH/c1-2-3-8-20-17(22)14-6-4-13(5-7-14)11-21-18(23)15-9-16(10-19)24-12-15;/h4-7,9,12H,2-3,8,10-11,19H2,1H3,(H,20,22)(H,21,23);1H. The lowest BCUT2D eigenvalue weighted by molar-refractivity contribution is 0.0942. The summed E-state index contributed by atoms with van der Waals surface area (Å²) >= 11 is 0. The maximum absolute atomic E-state index is 12.0. The average molecular weight is 366 g/mol. The molecule has 0 bridgehead atoms. The molecule has 6 nitrogen and oxygen atoms in total. The largest absolute Gasteiger partial charge is 0.467 e. The molecular formula is C18H24ClN3O3. The molecule has 1 aromatic heterocycles. The van der Waals surface area contributed by atoms with E-state index in [0.29, 0.717) is 30.0 Å². The highest BCUT2D eigenvalue weighted by Crippen LogP contribution is 2.08. The summed E-state index contributed by atoms with van der Waals surface area (Å²) in [6.45, 7) is 3.40. The van der Waals surface area contributed by atoms with E-state index in [2.05, 4.69) is 17.6 Å². The molecule has 1 heterocycles. The summed E-state index contributed by atoms with van der Waals surface area (Å²) in [6, 6.07) is 8.80. The Kier molecular flexibility index (Phi) is 8.74. The first-order chi connectivity index (χ1) is 11.6. The molecule has 0 aliphatic heterocycles. The van der Waals surface area contributed by atoms with Crippen LogP contribution in [0.5, 0.6) is 0 Å². The molecule has 7 heteroatoms. The summed E-state index contributed by atoms with van der Waals surface area (Å²) in [5, 5.41) is 5.67. The maximum atomic E-state index is 12.0. The number of nitrogens with one attached hydrogen (secondary N) is 2. The lowest BCUT2D eigenvalue weighted by Crippen LogP contribution is -2.24. The van der Waals surface area contributed by atoms with Crippen LogP contribution in [0.3, 0.4) is 0 Å². The fourth-order valence-electron chi connectivity index (χ4n) is 2.15. The zero-order valence-electron chi connectivity index (χ0n) is 14.2. The Morgan fingerprint density at radius 2 is 1.76 bits per heavy atom. The molecule has 136 valence electrons. The third-order valence-electron chi connectivity index (χ3n) is 3.60. The topological polar surface area (TPSA) is 97.4 Å². The van der Waals surface area contributed by atoms with Crippen LogP contribution in [0.25, 0.3) is 0 Å². The van der Waals surface area contributed by atoms with Crippen molar-refractivity contribution in [1.82, 2.24) is 10.6 Å². The van der Waals surface area contributed by atoms with Crippen molar-refractivity contribution in [2.75, 3.05) is 6.54 Å². The molecule has 1 aromatic carbocycles. The highest BCUT2D eigenvalue weighted by atomic mass is 35.5. The van der Waals surface area contributed by atoms with Crippen LogP contribution < -0.4 is 16.4 Å². The summed E-state index contributed by atoms with van der Waals surface area (Å²) in [5.74, 6) is 0.269. The van der Waals surface area contributed by atoms with E-state index in [0.717, 1.165) is 18.4 Å². The van der Waals surface area contributed by atoms with Gasteiger partial charge in [0.15, 0.2) is 0 Å². The number of halogens is 1. The minimum atomic E-state index is -0.222. The van der Waals surface area contributed by atoms with Gasteiger partial charge in [-0.1, -0.05) is 25.5 Å². The number of benzene rings is 1. The molecule has 0 radical (unpaired) electrons. The predicted molar refractivity (Wildman–Crippen MR) is 98.7 cm³/mol. The molecule has 0 aliphatic rings. The zero-order chi connectivity index (χ0) is 17.4. The van der Waals surface area contributed by atoms with Gasteiger partial charge in [-0.05, 0) is 30.2 Å². The fraction of sp³-hybridized carbons (Fsp3) is 0.333. The van der Waals surface area contributed by atoms with Gasteiger partial charge in [0.05, 0.1) is 12.1 Å². The van der Waals surface area contributed by atoms with Crippen molar-refractivity contribution in [3.8, 4) is 0 Å². The first kappa shape index (κ1) is 20.7. The summed E-state index contributed by atoms with van der Waals surface area (Å²) in [4.78, 5) is 23.9. The van der Waals surface area contributed by atoms with Crippen molar-refractivity contribution in [3.63, 3.8) is 0 Å². The number of hydrogen-bond acceptors (Lipinski definition) is 4. The quantitative estimate of drug-likeness (QED) is 0.626. The van der Waals surface area contributed by atoms with Crippen LogP contribution >= 0.6 is 12.4 Å². The number of hydrogen-bond donors (Lipinski definition) is 3. The molecule has 2 aromatic rings. The monoisotopic (exact) mass is 365 g/mol. The number of carbonyl (C=O) groups is 2. The van der Waals surface area contributed by atoms with E-state index >= 15 is 0 Å². The van der Waals surface area contributed by atoms with Gasteiger partial charge in [-0.25, -0.2) is 0 Å². The van der Waals surface area contributed by atoms with Crippen molar-refractivity contribution in [3.05, 3.63) is 59.0 Å². The minimum absolute atomic E-state index is 0. The second kappa shape index (κ2) is 10.5. The normalized spacial score (nSPS) is 10.0. The summed E-state index contributed by atoms with van der Waals surface area (Å²) in [6.07, 6.45) is 3.40. The molecule has 0 spiro atoms. The smallest absolute Gasteiger partial charge is 0.254 e. The molecule has 0 saturated carbocycles. The van der Waals surface area contributed by atoms with Crippen molar-refractivity contribution in [1.29, 1.82) is 0 Å². The van der Waals surface area contributed by atoms with Gasteiger partial charge in [-0.2, -0.15) is 0 Å². The van der Waals surface area contributed by atoms with Gasteiger partial charge < -0.3 is 20.8 Å². The molecule has 25 heavy (non-hydrogen) atoms. The number of carbonyl (C=O) groups excluding carboxylic acids is 2. The molecule has 4 N–H and O–H groups in total. The highest BCUT2D eigenvalue weighted by Gasteiger charge is 2.09. The summed E-state index contributed by atoms with van der Waals surface area (Å²) in [7, 11) is 0. The Hall–Kier alpha value is -2.31. The van der Waals surface area contributed by atoms with Crippen LogP contribution in [0.1, 0.15) is 51.8 Å². The third-order valence-corrected chi connectivity index (χ3v) is 3.60. The van der Waals surface area contributed by atoms with Crippen LogP contribution in [-0.2, 0) is 13.1 Å². The zero-order valence-corrected chi connectivity index (χ0v) is 15.0. The van der Waals surface area contributed by atoms with E-state index in [1.807, 2.05) is 12.1 Å². The van der Waals surface area contributed by atoms with E-state index < -0.39 is 0 Å².